The molecule has 6 nitrogen and oxygen atoms in total. The molecule has 0 aliphatic rings. The molecule has 2 aromatic heterocycles. The van der Waals surface area contributed by atoms with Crippen LogP contribution in [0.1, 0.15) is 48.7 Å². The number of nitrogens with zero attached hydrogens (tertiary/aromatic N) is 5. The summed E-state index contributed by atoms with van der Waals surface area (Å²) < 4.78 is 1.79. The van der Waals surface area contributed by atoms with E-state index in [1.165, 1.54) is 0 Å². The lowest BCUT2D eigenvalue weighted by atomic mass is 10.1. The largest absolute Gasteiger partial charge is 0.302 e. The van der Waals surface area contributed by atoms with Crippen molar-refractivity contribution in [3.05, 3.63) is 65.5 Å². The highest BCUT2D eigenvalue weighted by Gasteiger charge is 2.16. The molecule has 2 atom stereocenters. The Bertz CT molecular complexity index is 811. The summed E-state index contributed by atoms with van der Waals surface area (Å²) in [6.07, 6.45) is 3.85. The summed E-state index contributed by atoms with van der Waals surface area (Å²) in [7, 11) is 0. The van der Waals surface area contributed by atoms with Crippen LogP contribution >= 0.6 is 0 Å². The molecule has 6 heteroatoms. The quantitative estimate of drug-likeness (QED) is 0.782. The first-order valence-corrected chi connectivity index (χ1v) is 8.08. The van der Waals surface area contributed by atoms with Crippen molar-refractivity contribution in [2.75, 3.05) is 0 Å². The van der Waals surface area contributed by atoms with Gasteiger partial charge in [0.05, 0.1) is 23.6 Å². The van der Waals surface area contributed by atoms with Crippen LogP contribution in [0.15, 0.2) is 42.7 Å². The second-order valence-corrected chi connectivity index (χ2v) is 5.99. The lowest BCUT2D eigenvalue weighted by Gasteiger charge is -2.19. The highest BCUT2D eigenvalue weighted by atomic mass is 15.4. The normalized spacial score (nSPS) is 13.7. The third kappa shape index (κ3) is 3.49. The lowest BCUT2D eigenvalue weighted by molar-refractivity contribution is 0.481. The Kier molecular flexibility index (Phi) is 4.66. The monoisotopic (exact) mass is 322 g/mol. The zero-order valence-electron chi connectivity index (χ0n) is 14.4. The van der Waals surface area contributed by atoms with Gasteiger partial charge in [-0.2, -0.15) is 0 Å². The van der Waals surface area contributed by atoms with Gasteiger partial charge < -0.3 is 5.32 Å². The molecule has 0 amide bonds. The summed E-state index contributed by atoms with van der Waals surface area (Å²) in [6, 6.07) is 10.2. The minimum atomic E-state index is 0.0677. The average Bonchev–Trinajstić information content (AvgIpc) is 3.05. The highest BCUT2D eigenvalue weighted by molar-refractivity contribution is 5.30. The smallest absolute Gasteiger partial charge is 0.125 e. The first-order valence-electron chi connectivity index (χ1n) is 8.08. The van der Waals surface area contributed by atoms with Gasteiger partial charge in [0.25, 0.3) is 0 Å². The minimum Gasteiger partial charge on any atom is -0.302 e. The van der Waals surface area contributed by atoms with E-state index in [4.69, 9.17) is 0 Å². The van der Waals surface area contributed by atoms with E-state index in [9.17, 15) is 0 Å². The molecule has 3 rings (SSSR count). The van der Waals surface area contributed by atoms with E-state index < -0.39 is 0 Å². The van der Waals surface area contributed by atoms with Crippen molar-refractivity contribution in [3.63, 3.8) is 0 Å². The molecule has 1 aromatic carbocycles. The first kappa shape index (κ1) is 16.3. The van der Waals surface area contributed by atoms with Crippen LogP contribution in [0.5, 0.6) is 0 Å². The van der Waals surface area contributed by atoms with E-state index in [0.717, 1.165) is 28.5 Å². The van der Waals surface area contributed by atoms with Gasteiger partial charge in [0.15, 0.2) is 0 Å². The van der Waals surface area contributed by atoms with Crippen LogP contribution in [-0.2, 0) is 0 Å². The molecule has 0 unspecified atom stereocenters. The molecule has 0 spiro atoms. The summed E-state index contributed by atoms with van der Waals surface area (Å²) >= 11 is 0. The van der Waals surface area contributed by atoms with Crippen LogP contribution < -0.4 is 5.32 Å². The standard InChI is InChI=1S/C18H22N6/c1-12(17-10-19-15(4)21-13(17)2)20-14(3)18-11-24(23-22-18)16-8-6-5-7-9-16/h5-12,14,20H,1-4H3/t12-,14-/m1/s1. The average molecular weight is 322 g/mol. The Morgan fingerprint density at radius 2 is 1.79 bits per heavy atom. The fraction of sp³-hybridized carbons (Fsp3) is 0.333. The number of para-hydroxylation sites is 1. The minimum absolute atomic E-state index is 0.0677. The predicted octanol–water partition coefficient (Wildman–Crippen LogP) is 3.09. The molecule has 124 valence electrons. The van der Waals surface area contributed by atoms with Gasteiger partial charge in [0.1, 0.15) is 5.82 Å². The molecule has 0 fully saturated rings. The summed E-state index contributed by atoms with van der Waals surface area (Å²) in [5.41, 5.74) is 4.00. The Morgan fingerprint density at radius 1 is 1.04 bits per heavy atom. The van der Waals surface area contributed by atoms with Gasteiger partial charge >= 0.3 is 0 Å². The van der Waals surface area contributed by atoms with Gasteiger partial charge in [0, 0.05) is 23.5 Å². The van der Waals surface area contributed by atoms with Crippen molar-refractivity contribution in [2.24, 2.45) is 0 Å². The molecule has 0 saturated heterocycles. The molecule has 2 heterocycles. The zero-order chi connectivity index (χ0) is 17.1. The predicted molar refractivity (Wildman–Crippen MR) is 92.8 cm³/mol. The molecular formula is C18H22N6. The molecule has 0 radical (unpaired) electrons. The lowest BCUT2D eigenvalue weighted by Crippen LogP contribution is -2.24. The maximum Gasteiger partial charge on any atom is 0.125 e. The third-order valence-electron chi connectivity index (χ3n) is 4.08. The second kappa shape index (κ2) is 6.88. The van der Waals surface area contributed by atoms with Gasteiger partial charge in [-0.3, -0.25) is 0 Å². The van der Waals surface area contributed by atoms with Crippen LogP contribution in [0.4, 0.5) is 0 Å². The number of aromatic nitrogens is 5. The number of hydrogen-bond donors (Lipinski definition) is 1. The highest BCUT2D eigenvalue weighted by Crippen LogP contribution is 2.20. The van der Waals surface area contributed by atoms with Gasteiger partial charge in [-0.05, 0) is 39.8 Å². The van der Waals surface area contributed by atoms with E-state index in [-0.39, 0.29) is 12.1 Å². The van der Waals surface area contributed by atoms with Gasteiger partial charge in [0.2, 0.25) is 0 Å². The molecule has 24 heavy (non-hydrogen) atoms. The second-order valence-electron chi connectivity index (χ2n) is 5.99. The summed E-state index contributed by atoms with van der Waals surface area (Å²) in [5, 5.41) is 12.1. The Labute approximate surface area is 142 Å². The first-order chi connectivity index (χ1) is 11.5. The molecule has 1 N–H and O–H groups in total. The van der Waals surface area contributed by atoms with E-state index in [1.54, 1.807) is 4.68 Å². The Morgan fingerprint density at radius 3 is 2.50 bits per heavy atom. The van der Waals surface area contributed by atoms with Crippen molar-refractivity contribution < 1.29 is 0 Å². The number of benzene rings is 1. The number of aryl methyl sites for hydroxylation is 2. The van der Waals surface area contributed by atoms with Crippen molar-refractivity contribution in [3.8, 4) is 5.69 Å². The van der Waals surface area contributed by atoms with Gasteiger partial charge in [-0.1, -0.05) is 23.4 Å². The van der Waals surface area contributed by atoms with E-state index in [2.05, 4.69) is 39.4 Å². The summed E-state index contributed by atoms with van der Waals surface area (Å²) in [6.45, 7) is 8.11. The fourth-order valence-corrected chi connectivity index (χ4v) is 2.75. The van der Waals surface area contributed by atoms with Crippen LogP contribution in [0.3, 0.4) is 0 Å². The number of rotatable bonds is 5. The number of nitrogens with one attached hydrogen (secondary N) is 1. The van der Waals surface area contributed by atoms with E-state index in [0.29, 0.717) is 0 Å². The summed E-state index contributed by atoms with van der Waals surface area (Å²) in [4.78, 5) is 8.74. The van der Waals surface area contributed by atoms with Crippen molar-refractivity contribution >= 4 is 0 Å². The van der Waals surface area contributed by atoms with Gasteiger partial charge in [-0.25, -0.2) is 14.6 Å². The van der Waals surface area contributed by atoms with Crippen LogP contribution in [-0.4, -0.2) is 25.0 Å². The third-order valence-corrected chi connectivity index (χ3v) is 4.08. The maximum absolute atomic E-state index is 4.44. The number of hydrogen-bond acceptors (Lipinski definition) is 5. The molecule has 3 aromatic rings. The topological polar surface area (TPSA) is 68.5 Å². The van der Waals surface area contributed by atoms with Crippen LogP contribution in [0.2, 0.25) is 0 Å². The zero-order valence-corrected chi connectivity index (χ0v) is 14.4. The van der Waals surface area contributed by atoms with Crippen LogP contribution in [0.25, 0.3) is 5.69 Å². The Balaban J connectivity index is 1.73. The molecule has 0 aliphatic heterocycles. The molecular weight excluding hydrogens is 300 g/mol. The van der Waals surface area contributed by atoms with E-state index in [1.807, 2.05) is 56.6 Å². The maximum atomic E-state index is 4.44. The van der Waals surface area contributed by atoms with Crippen molar-refractivity contribution in [1.82, 2.24) is 30.3 Å². The summed E-state index contributed by atoms with van der Waals surface area (Å²) in [5.74, 6) is 0.794. The molecule has 0 bridgehead atoms. The van der Waals surface area contributed by atoms with Crippen molar-refractivity contribution in [1.29, 1.82) is 0 Å². The van der Waals surface area contributed by atoms with Crippen molar-refractivity contribution in [2.45, 2.75) is 39.8 Å². The molecule has 0 saturated carbocycles. The fourth-order valence-electron chi connectivity index (χ4n) is 2.75. The van der Waals surface area contributed by atoms with Gasteiger partial charge in [-0.15, -0.1) is 5.10 Å². The Hall–Kier alpha value is -2.60. The van der Waals surface area contributed by atoms with E-state index >= 15 is 0 Å². The SMILES string of the molecule is Cc1ncc([C@@H](C)N[C@H](C)c2cn(-c3ccccc3)nn2)c(C)n1. The molecule has 0 aliphatic carbocycles. The van der Waals surface area contributed by atoms with Crippen LogP contribution in [0, 0.1) is 13.8 Å².